The summed E-state index contributed by atoms with van der Waals surface area (Å²) in [4.78, 5) is 14.3. The van der Waals surface area contributed by atoms with Gasteiger partial charge in [0.05, 0.1) is 5.69 Å². The van der Waals surface area contributed by atoms with Crippen molar-refractivity contribution >= 4 is 29.0 Å². The second-order valence-electron chi connectivity index (χ2n) is 5.55. The van der Waals surface area contributed by atoms with Crippen LogP contribution in [0.3, 0.4) is 0 Å². The van der Waals surface area contributed by atoms with Gasteiger partial charge in [-0.2, -0.15) is 11.8 Å². The summed E-state index contributed by atoms with van der Waals surface area (Å²) in [5, 5.41) is 3.97. The summed E-state index contributed by atoms with van der Waals surface area (Å²) in [5.74, 6) is -0.540. The van der Waals surface area contributed by atoms with E-state index < -0.39 is 5.82 Å². The molecule has 1 heterocycles. The predicted molar refractivity (Wildman–Crippen MR) is 87.0 cm³/mol. The zero-order valence-corrected chi connectivity index (χ0v) is 13.3. The molecule has 1 amide bonds. The van der Waals surface area contributed by atoms with Gasteiger partial charge in [0.1, 0.15) is 5.82 Å². The lowest BCUT2D eigenvalue weighted by molar-refractivity contribution is -0.116. The van der Waals surface area contributed by atoms with Crippen LogP contribution >= 0.6 is 11.8 Å². The van der Waals surface area contributed by atoms with Crippen molar-refractivity contribution in [3.8, 4) is 0 Å². The highest BCUT2D eigenvalue weighted by Gasteiger charge is 2.22. The van der Waals surface area contributed by atoms with Crippen LogP contribution in [0.1, 0.15) is 20.3 Å². The number of nitrogens with one attached hydrogen (secondary N) is 1. The molecule has 21 heavy (non-hydrogen) atoms. The molecule has 1 aromatic carbocycles. The fourth-order valence-corrected chi connectivity index (χ4v) is 3.96. The molecule has 2 unspecified atom stereocenters. The molecule has 4 nitrogen and oxygen atoms in total. The number of hydrogen-bond acceptors (Lipinski definition) is 4. The zero-order chi connectivity index (χ0) is 15.4. The molecule has 0 spiro atoms. The fourth-order valence-electron chi connectivity index (χ4n) is 2.57. The molecule has 1 aromatic rings. The molecule has 1 saturated heterocycles. The van der Waals surface area contributed by atoms with Crippen molar-refractivity contribution < 1.29 is 9.18 Å². The maximum Gasteiger partial charge on any atom is 0.225 e. The Bertz CT molecular complexity index is 502. The molecule has 6 heteroatoms. The van der Waals surface area contributed by atoms with E-state index in [0.29, 0.717) is 22.6 Å². The van der Waals surface area contributed by atoms with E-state index in [1.54, 1.807) is 0 Å². The molecule has 2 rings (SSSR count). The van der Waals surface area contributed by atoms with Gasteiger partial charge in [-0.05, 0) is 18.2 Å². The number of hydrogen-bond donors (Lipinski definition) is 2. The molecule has 0 bridgehead atoms. The highest BCUT2D eigenvalue weighted by Crippen LogP contribution is 2.24. The SMILES string of the molecule is CC1CN(CCC(=O)Nc2ccc(F)c(N)c2)CC(C)S1. The number of benzene rings is 1. The van der Waals surface area contributed by atoms with Gasteiger partial charge in [0.25, 0.3) is 0 Å². The molecule has 1 aliphatic rings. The van der Waals surface area contributed by atoms with E-state index in [-0.39, 0.29) is 11.6 Å². The van der Waals surface area contributed by atoms with Crippen molar-refractivity contribution in [1.29, 1.82) is 0 Å². The molecule has 1 aliphatic heterocycles. The third kappa shape index (κ3) is 4.89. The van der Waals surface area contributed by atoms with Gasteiger partial charge in [-0.3, -0.25) is 4.79 Å². The third-order valence-corrected chi connectivity index (χ3v) is 4.66. The van der Waals surface area contributed by atoms with E-state index in [9.17, 15) is 9.18 Å². The molecular formula is C15H22FN3OS. The first-order valence-electron chi connectivity index (χ1n) is 7.16. The lowest BCUT2D eigenvalue weighted by Crippen LogP contribution is -2.41. The Labute approximate surface area is 129 Å². The molecule has 0 saturated carbocycles. The van der Waals surface area contributed by atoms with E-state index in [1.165, 1.54) is 18.2 Å². The summed E-state index contributed by atoms with van der Waals surface area (Å²) in [6.45, 7) is 7.22. The molecule has 0 radical (unpaired) electrons. The van der Waals surface area contributed by atoms with E-state index in [2.05, 4.69) is 24.1 Å². The van der Waals surface area contributed by atoms with E-state index in [1.807, 2.05) is 11.8 Å². The van der Waals surface area contributed by atoms with Crippen LogP contribution in [0.25, 0.3) is 0 Å². The number of anilines is 2. The van der Waals surface area contributed by atoms with Crippen LogP contribution in [0.5, 0.6) is 0 Å². The molecular weight excluding hydrogens is 289 g/mol. The second kappa shape index (κ2) is 7.13. The first-order valence-corrected chi connectivity index (χ1v) is 8.11. The van der Waals surface area contributed by atoms with Gasteiger partial charge in [0.2, 0.25) is 5.91 Å². The summed E-state index contributed by atoms with van der Waals surface area (Å²) in [6.07, 6.45) is 0.432. The van der Waals surface area contributed by atoms with Crippen LogP contribution in [-0.4, -0.2) is 40.9 Å². The molecule has 0 aromatic heterocycles. The maximum atomic E-state index is 13.1. The van der Waals surface area contributed by atoms with Crippen molar-refractivity contribution in [2.75, 3.05) is 30.7 Å². The minimum atomic E-state index is -0.471. The molecule has 2 atom stereocenters. The van der Waals surface area contributed by atoms with Gasteiger partial charge < -0.3 is 16.0 Å². The summed E-state index contributed by atoms with van der Waals surface area (Å²) in [5.41, 5.74) is 6.06. The third-order valence-electron chi connectivity index (χ3n) is 3.43. The highest BCUT2D eigenvalue weighted by molar-refractivity contribution is 8.00. The van der Waals surface area contributed by atoms with E-state index in [0.717, 1.165) is 19.6 Å². The topological polar surface area (TPSA) is 58.4 Å². The van der Waals surface area contributed by atoms with Crippen molar-refractivity contribution in [3.63, 3.8) is 0 Å². The normalized spacial score (nSPS) is 23.0. The predicted octanol–water partition coefficient (Wildman–Crippen LogP) is 2.56. The number of carbonyl (C=O) groups excluding carboxylic acids is 1. The maximum absolute atomic E-state index is 13.1. The Hall–Kier alpha value is -1.27. The van der Waals surface area contributed by atoms with Crippen LogP contribution in [0.2, 0.25) is 0 Å². The van der Waals surface area contributed by atoms with Crippen LogP contribution in [-0.2, 0) is 4.79 Å². The number of nitrogen functional groups attached to an aromatic ring is 1. The minimum Gasteiger partial charge on any atom is -0.396 e. The van der Waals surface area contributed by atoms with Crippen molar-refractivity contribution in [2.24, 2.45) is 0 Å². The minimum absolute atomic E-state index is 0.0449. The zero-order valence-electron chi connectivity index (χ0n) is 12.4. The number of amides is 1. The van der Waals surface area contributed by atoms with E-state index >= 15 is 0 Å². The largest absolute Gasteiger partial charge is 0.396 e. The molecule has 0 aliphatic carbocycles. The lowest BCUT2D eigenvalue weighted by atomic mass is 10.2. The Morgan fingerprint density at radius 3 is 2.71 bits per heavy atom. The monoisotopic (exact) mass is 311 g/mol. The quantitative estimate of drug-likeness (QED) is 0.839. The summed E-state index contributed by atoms with van der Waals surface area (Å²) >= 11 is 1.99. The number of thioether (sulfide) groups is 1. The van der Waals surface area contributed by atoms with Gasteiger partial charge >= 0.3 is 0 Å². The number of nitrogens with zero attached hydrogens (tertiary/aromatic N) is 1. The summed E-state index contributed by atoms with van der Waals surface area (Å²) in [6, 6.07) is 4.22. The first kappa shape index (κ1) is 16.1. The summed E-state index contributed by atoms with van der Waals surface area (Å²) < 4.78 is 13.1. The van der Waals surface area contributed by atoms with Crippen LogP contribution in [0.15, 0.2) is 18.2 Å². The Kier molecular flexibility index (Phi) is 5.47. The van der Waals surface area contributed by atoms with Crippen molar-refractivity contribution in [1.82, 2.24) is 4.90 Å². The Morgan fingerprint density at radius 1 is 1.43 bits per heavy atom. The van der Waals surface area contributed by atoms with Crippen LogP contribution in [0, 0.1) is 5.82 Å². The molecule has 1 fully saturated rings. The smallest absolute Gasteiger partial charge is 0.225 e. The number of halogens is 1. The second-order valence-corrected chi connectivity index (χ2v) is 7.43. The number of nitrogens with two attached hydrogens (primary N) is 1. The lowest BCUT2D eigenvalue weighted by Gasteiger charge is -2.34. The first-order chi connectivity index (χ1) is 9.94. The fraction of sp³-hybridized carbons (Fsp3) is 0.533. The standard InChI is InChI=1S/C15H22FN3OS/c1-10-8-19(9-11(2)21-10)6-5-15(20)18-12-3-4-13(16)14(17)7-12/h3-4,7,10-11H,5-6,8-9,17H2,1-2H3,(H,18,20). The number of carbonyl (C=O) groups is 1. The van der Waals surface area contributed by atoms with Gasteiger partial charge in [-0.1, -0.05) is 13.8 Å². The van der Waals surface area contributed by atoms with Crippen molar-refractivity contribution in [2.45, 2.75) is 30.8 Å². The van der Waals surface area contributed by atoms with Gasteiger partial charge in [0, 0.05) is 42.2 Å². The summed E-state index contributed by atoms with van der Waals surface area (Å²) in [7, 11) is 0. The Balaban J connectivity index is 1.80. The average Bonchev–Trinajstić information content (AvgIpc) is 2.40. The van der Waals surface area contributed by atoms with Crippen LogP contribution < -0.4 is 11.1 Å². The average molecular weight is 311 g/mol. The highest BCUT2D eigenvalue weighted by atomic mass is 32.2. The van der Waals surface area contributed by atoms with Crippen molar-refractivity contribution in [3.05, 3.63) is 24.0 Å². The molecule has 3 N–H and O–H groups in total. The number of rotatable bonds is 4. The van der Waals surface area contributed by atoms with Crippen LogP contribution in [0.4, 0.5) is 15.8 Å². The molecule has 116 valence electrons. The Morgan fingerprint density at radius 2 is 2.10 bits per heavy atom. The van der Waals surface area contributed by atoms with E-state index in [4.69, 9.17) is 5.73 Å². The van der Waals surface area contributed by atoms with Gasteiger partial charge in [-0.15, -0.1) is 0 Å². The van der Waals surface area contributed by atoms with Gasteiger partial charge in [0.15, 0.2) is 0 Å². The van der Waals surface area contributed by atoms with Gasteiger partial charge in [-0.25, -0.2) is 4.39 Å².